The Balaban J connectivity index is 3.09. The molecular weight excluding hydrogens is 274 g/mol. The predicted molar refractivity (Wildman–Crippen MR) is 70.4 cm³/mol. The molecule has 104 valence electrons. The van der Waals surface area contributed by atoms with Crippen LogP contribution in [0.2, 0.25) is 5.15 Å². The predicted octanol–water partition coefficient (Wildman–Crippen LogP) is 1.30. The summed E-state index contributed by atoms with van der Waals surface area (Å²) in [5, 5.41) is 14.2. The van der Waals surface area contributed by atoms with Crippen LogP contribution in [0.15, 0.2) is 11.2 Å². The fourth-order valence-corrected chi connectivity index (χ4v) is 1.38. The fraction of sp³-hybridized carbons (Fsp3) is 0.500. The van der Waals surface area contributed by atoms with Crippen LogP contribution in [0.3, 0.4) is 0 Å². The van der Waals surface area contributed by atoms with Gasteiger partial charge in [-0.3, -0.25) is 14.9 Å². The number of nitro groups is 1. The van der Waals surface area contributed by atoms with Gasteiger partial charge in [-0.05, 0) is 13.8 Å². The molecular formula is C10H14ClN5O3. The molecule has 0 bridgehead atoms. The van der Waals surface area contributed by atoms with Crippen molar-refractivity contribution in [1.82, 2.24) is 14.7 Å². The van der Waals surface area contributed by atoms with Crippen molar-refractivity contribution in [1.29, 1.82) is 0 Å². The summed E-state index contributed by atoms with van der Waals surface area (Å²) in [5.41, 5.74) is -1.51. The number of amides is 1. The molecule has 19 heavy (non-hydrogen) atoms. The lowest BCUT2D eigenvalue weighted by molar-refractivity contribution is -0.384. The first kappa shape index (κ1) is 15.1. The van der Waals surface area contributed by atoms with E-state index in [4.69, 9.17) is 11.6 Å². The van der Waals surface area contributed by atoms with Gasteiger partial charge in [0.2, 0.25) is 5.15 Å². The second kappa shape index (κ2) is 5.35. The van der Waals surface area contributed by atoms with Gasteiger partial charge in [-0.1, -0.05) is 11.6 Å². The monoisotopic (exact) mass is 287 g/mol. The summed E-state index contributed by atoms with van der Waals surface area (Å²) < 4.78 is 1.14. The first-order valence-corrected chi connectivity index (χ1v) is 5.69. The van der Waals surface area contributed by atoms with Crippen LogP contribution in [0.25, 0.3) is 0 Å². The highest BCUT2D eigenvalue weighted by Gasteiger charge is 2.33. The number of halogens is 1. The zero-order chi connectivity index (χ0) is 14.8. The molecule has 0 aliphatic heterocycles. The Morgan fingerprint density at radius 1 is 1.63 bits per heavy atom. The number of hydrogen-bond donors (Lipinski definition) is 0. The Labute approximate surface area is 114 Å². The molecule has 0 fully saturated rings. The molecule has 1 aromatic rings. The quantitative estimate of drug-likeness (QED) is 0.360. The van der Waals surface area contributed by atoms with Gasteiger partial charge in [0.15, 0.2) is 0 Å². The number of carbonyl (C=O) groups excluding carboxylic acids is 1. The molecule has 1 amide bonds. The van der Waals surface area contributed by atoms with E-state index in [2.05, 4.69) is 10.1 Å². The Morgan fingerprint density at radius 3 is 2.63 bits per heavy atom. The van der Waals surface area contributed by atoms with Crippen LogP contribution in [0.5, 0.6) is 0 Å². The minimum Gasteiger partial charge on any atom is -0.369 e. The van der Waals surface area contributed by atoms with E-state index in [0.29, 0.717) is 0 Å². The van der Waals surface area contributed by atoms with Crippen molar-refractivity contribution in [3.63, 3.8) is 0 Å². The van der Waals surface area contributed by atoms with Gasteiger partial charge in [0.25, 0.3) is 5.91 Å². The third kappa shape index (κ3) is 3.28. The van der Waals surface area contributed by atoms with Crippen LogP contribution < -0.4 is 0 Å². The lowest BCUT2D eigenvalue weighted by atomic mass is 10.1. The molecule has 0 atom stereocenters. The van der Waals surface area contributed by atoms with E-state index in [0.717, 1.165) is 10.9 Å². The summed E-state index contributed by atoms with van der Waals surface area (Å²) in [6, 6.07) is 0. The normalized spacial score (nSPS) is 11.8. The highest BCUT2D eigenvalue weighted by molar-refractivity contribution is 6.31. The van der Waals surface area contributed by atoms with E-state index in [1.807, 2.05) is 0 Å². The van der Waals surface area contributed by atoms with Crippen molar-refractivity contribution in [2.24, 2.45) is 4.99 Å². The molecule has 0 N–H and O–H groups in total. The topological polar surface area (TPSA) is 93.6 Å². The lowest BCUT2D eigenvalue weighted by Crippen LogP contribution is -2.35. The molecule has 0 unspecified atom stereocenters. The lowest BCUT2D eigenvalue weighted by Gasteiger charge is -2.20. The van der Waals surface area contributed by atoms with Crippen molar-refractivity contribution in [3.8, 4) is 0 Å². The minimum atomic E-state index is -1.16. The maximum Gasteiger partial charge on any atom is 0.325 e. The summed E-state index contributed by atoms with van der Waals surface area (Å²) in [7, 11) is 3.44. The highest BCUT2D eigenvalue weighted by Crippen LogP contribution is 2.26. The number of nitrogens with zero attached hydrogens (tertiary/aromatic N) is 5. The molecule has 0 saturated carbocycles. The summed E-state index contributed by atoms with van der Waals surface area (Å²) in [5.74, 6) is -0.490. The van der Waals surface area contributed by atoms with Crippen molar-refractivity contribution in [3.05, 3.63) is 21.5 Å². The van der Waals surface area contributed by atoms with E-state index in [1.54, 1.807) is 32.8 Å². The van der Waals surface area contributed by atoms with E-state index in [9.17, 15) is 14.9 Å². The van der Waals surface area contributed by atoms with Crippen molar-refractivity contribution >= 4 is 29.5 Å². The zero-order valence-corrected chi connectivity index (χ0v) is 11.7. The molecule has 1 rings (SSSR count). The Hall–Kier alpha value is -1.96. The average Bonchev–Trinajstić information content (AvgIpc) is 2.68. The van der Waals surface area contributed by atoms with E-state index in [-0.39, 0.29) is 10.8 Å². The largest absolute Gasteiger partial charge is 0.369 e. The summed E-state index contributed by atoms with van der Waals surface area (Å²) >= 11 is 5.65. The number of rotatable bonds is 4. The molecule has 9 heteroatoms. The maximum atomic E-state index is 12.0. The molecule has 0 aliphatic rings. The van der Waals surface area contributed by atoms with Crippen LogP contribution in [0.1, 0.15) is 13.8 Å². The first-order valence-electron chi connectivity index (χ1n) is 5.31. The van der Waals surface area contributed by atoms with E-state index < -0.39 is 16.4 Å². The van der Waals surface area contributed by atoms with Gasteiger partial charge in [-0.15, -0.1) is 0 Å². The van der Waals surface area contributed by atoms with Gasteiger partial charge in [0, 0.05) is 14.1 Å². The molecule has 0 aromatic carbocycles. The molecule has 1 aromatic heterocycles. The number of aromatic nitrogens is 2. The second-order valence-corrected chi connectivity index (χ2v) is 4.94. The molecule has 8 nitrogen and oxygen atoms in total. The zero-order valence-electron chi connectivity index (χ0n) is 11.0. The van der Waals surface area contributed by atoms with Crippen molar-refractivity contribution < 1.29 is 9.72 Å². The third-order valence-corrected chi connectivity index (χ3v) is 2.62. The smallest absolute Gasteiger partial charge is 0.325 e. The van der Waals surface area contributed by atoms with Gasteiger partial charge < -0.3 is 4.90 Å². The van der Waals surface area contributed by atoms with Crippen LogP contribution in [-0.4, -0.2) is 45.9 Å². The summed E-state index contributed by atoms with van der Waals surface area (Å²) in [6.45, 7) is 3.10. The number of carbonyl (C=O) groups is 1. The second-order valence-electron chi connectivity index (χ2n) is 4.58. The molecule has 0 aliphatic carbocycles. The number of hydrogen-bond acceptors (Lipinski definition) is 4. The van der Waals surface area contributed by atoms with Gasteiger partial charge in [0.05, 0.1) is 11.3 Å². The Bertz CT molecular complexity index is 535. The van der Waals surface area contributed by atoms with Crippen LogP contribution >= 0.6 is 11.6 Å². The Morgan fingerprint density at radius 2 is 2.21 bits per heavy atom. The van der Waals surface area contributed by atoms with Crippen LogP contribution in [0.4, 0.5) is 5.69 Å². The first-order chi connectivity index (χ1) is 8.66. The van der Waals surface area contributed by atoms with Gasteiger partial charge in [-0.2, -0.15) is 5.10 Å². The van der Waals surface area contributed by atoms with Gasteiger partial charge in [-0.25, -0.2) is 9.67 Å². The van der Waals surface area contributed by atoms with Gasteiger partial charge in [0.1, 0.15) is 11.7 Å². The Kier molecular flexibility index (Phi) is 4.25. The molecule has 0 saturated heterocycles. The third-order valence-electron chi connectivity index (χ3n) is 2.35. The SMILES string of the molecule is CN(C)/C=N\C(=O)C(C)(C)n1cc([N+](=O)[O-])c(Cl)n1. The van der Waals surface area contributed by atoms with Crippen molar-refractivity contribution in [2.45, 2.75) is 19.4 Å². The van der Waals surface area contributed by atoms with E-state index in [1.165, 1.54) is 6.34 Å². The molecule has 1 heterocycles. The maximum absolute atomic E-state index is 12.0. The summed E-state index contributed by atoms with van der Waals surface area (Å²) in [4.78, 5) is 27.3. The van der Waals surface area contributed by atoms with Crippen LogP contribution in [0, 0.1) is 10.1 Å². The average molecular weight is 288 g/mol. The van der Waals surface area contributed by atoms with E-state index >= 15 is 0 Å². The highest BCUT2D eigenvalue weighted by atomic mass is 35.5. The standard InChI is InChI=1S/C10H14ClN5O3/c1-10(2,9(17)12-6-14(3)4)15-5-7(16(18)19)8(11)13-15/h5-6H,1-4H3/b12-6-. The molecule has 0 radical (unpaired) electrons. The van der Waals surface area contributed by atoms with Crippen molar-refractivity contribution in [2.75, 3.05) is 14.1 Å². The minimum absolute atomic E-state index is 0.262. The summed E-state index contributed by atoms with van der Waals surface area (Å²) in [6.07, 6.45) is 2.47. The molecule has 0 spiro atoms. The fourth-order valence-electron chi connectivity index (χ4n) is 1.18. The van der Waals surface area contributed by atoms with Gasteiger partial charge >= 0.3 is 5.69 Å². The van der Waals surface area contributed by atoms with Crippen LogP contribution in [-0.2, 0) is 10.3 Å². The number of aliphatic imine (C=N–C) groups is 1.